The number of aryl methyl sites for hydroxylation is 2. The first-order valence-corrected chi connectivity index (χ1v) is 12.1. The lowest BCUT2D eigenvalue weighted by Crippen LogP contribution is -2.48. The Kier molecular flexibility index (Phi) is 6.77. The molecule has 0 N–H and O–H groups in total. The molecule has 35 heavy (non-hydrogen) atoms. The first-order valence-electron chi connectivity index (χ1n) is 12.1. The molecule has 1 aromatic heterocycles. The van der Waals surface area contributed by atoms with Gasteiger partial charge in [0, 0.05) is 31.9 Å². The van der Waals surface area contributed by atoms with Crippen LogP contribution in [0, 0.1) is 13.8 Å². The molecule has 0 bridgehead atoms. The van der Waals surface area contributed by atoms with Crippen LogP contribution in [0.4, 0.5) is 5.69 Å². The Morgan fingerprint density at radius 3 is 2.34 bits per heavy atom. The normalized spacial score (nSPS) is 15.2. The first-order chi connectivity index (χ1) is 17.1. The molecular formula is C28H32N6O. The van der Waals surface area contributed by atoms with Crippen LogP contribution in [-0.4, -0.2) is 58.4 Å². The van der Waals surface area contributed by atoms with Crippen molar-refractivity contribution in [3.05, 3.63) is 101 Å². The summed E-state index contributed by atoms with van der Waals surface area (Å²) in [5.41, 5.74) is 6.29. The van der Waals surface area contributed by atoms with E-state index in [0.717, 1.165) is 43.3 Å². The van der Waals surface area contributed by atoms with Gasteiger partial charge < -0.3 is 9.64 Å². The smallest absolute Gasteiger partial charge is 0.173 e. The van der Waals surface area contributed by atoms with Crippen molar-refractivity contribution >= 4 is 5.69 Å². The summed E-state index contributed by atoms with van der Waals surface area (Å²) in [6, 6.07) is 25.3. The van der Waals surface area contributed by atoms with E-state index in [0.29, 0.717) is 6.54 Å². The van der Waals surface area contributed by atoms with Crippen LogP contribution in [0.2, 0.25) is 0 Å². The van der Waals surface area contributed by atoms with Crippen LogP contribution in [-0.2, 0) is 6.54 Å². The second-order valence-electron chi connectivity index (χ2n) is 9.17. The number of methoxy groups -OCH3 is 1. The number of anilines is 1. The van der Waals surface area contributed by atoms with Gasteiger partial charge in [0.25, 0.3) is 0 Å². The van der Waals surface area contributed by atoms with Crippen molar-refractivity contribution in [2.24, 2.45) is 0 Å². The maximum Gasteiger partial charge on any atom is 0.173 e. The molecule has 2 heterocycles. The number of piperazine rings is 1. The Morgan fingerprint density at radius 1 is 0.886 bits per heavy atom. The van der Waals surface area contributed by atoms with Crippen molar-refractivity contribution in [3.8, 4) is 5.75 Å². The molecule has 0 saturated carbocycles. The van der Waals surface area contributed by atoms with E-state index >= 15 is 0 Å². The average Bonchev–Trinajstić information content (AvgIpc) is 3.34. The predicted molar refractivity (Wildman–Crippen MR) is 138 cm³/mol. The maximum atomic E-state index is 5.41. The number of ether oxygens (including phenoxy) is 1. The molecule has 0 radical (unpaired) electrons. The van der Waals surface area contributed by atoms with E-state index in [1.54, 1.807) is 7.11 Å². The molecule has 1 aliphatic rings. The van der Waals surface area contributed by atoms with Gasteiger partial charge in [-0.05, 0) is 64.7 Å². The highest BCUT2D eigenvalue weighted by atomic mass is 16.5. The molecule has 0 amide bonds. The van der Waals surface area contributed by atoms with E-state index in [-0.39, 0.29) is 6.04 Å². The van der Waals surface area contributed by atoms with Gasteiger partial charge in [0.1, 0.15) is 5.75 Å². The van der Waals surface area contributed by atoms with E-state index in [4.69, 9.17) is 4.74 Å². The van der Waals surface area contributed by atoms with Crippen molar-refractivity contribution in [1.82, 2.24) is 25.1 Å². The van der Waals surface area contributed by atoms with Gasteiger partial charge in [-0.3, -0.25) is 4.90 Å². The number of nitrogens with zero attached hydrogens (tertiary/aromatic N) is 6. The minimum absolute atomic E-state index is 0.0413. The van der Waals surface area contributed by atoms with Crippen molar-refractivity contribution < 1.29 is 4.74 Å². The number of rotatable bonds is 7. The van der Waals surface area contributed by atoms with Crippen LogP contribution in [0.5, 0.6) is 5.75 Å². The quantitative estimate of drug-likeness (QED) is 0.404. The second kappa shape index (κ2) is 10.3. The summed E-state index contributed by atoms with van der Waals surface area (Å²) in [6.07, 6.45) is 0. The van der Waals surface area contributed by atoms with Crippen LogP contribution >= 0.6 is 0 Å². The molecule has 4 aromatic rings. The van der Waals surface area contributed by atoms with Crippen molar-refractivity contribution in [2.75, 3.05) is 38.2 Å². The molecule has 1 saturated heterocycles. The molecular weight excluding hydrogens is 436 g/mol. The molecule has 1 unspecified atom stereocenters. The topological polar surface area (TPSA) is 59.3 Å². The van der Waals surface area contributed by atoms with Gasteiger partial charge in [-0.2, -0.15) is 0 Å². The molecule has 0 spiro atoms. The van der Waals surface area contributed by atoms with Crippen LogP contribution < -0.4 is 9.64 Å². The third kappa shape index (κ3) is 5.05. The minimum Gasteiger partial charge on any atom is -0.497 e. The summed E-state index contributed by atoms with van der Waals surface area (Å²) in [5, 5.41) is 13.0. The Bertz CT molecular complexity index is 1250. The predicted octanol–water partition coefficient (Wildman–Crippen LogP) is 4.26. The standard InChI is InChI=1S/C28H32N6O/c1-21-9-10-22(2)26(19-21)32-15-17-33(18-16-32)27(24-11-13-25(35-3)14-12-24)28-29-30-31-34(28)20-23-7-5-4-6-8-23/h4-14,19,27H,15-18,20H2,1-3H3. The van der Waals surface area contributed by atoms with Gasteiger partial charge in [0.15, 0.2) is 5.82 Å². The summed E-state index contributed by atoms with van der Waals surface area (Å²) in [6.45, 7) is 8.74. The molecule has 1 fully saturated rings. The Hall–Kier alpha value is -3.71. The van der Waals surface area contributed by atoms with Crippen LogP contribution in [0.1, 0.15) is 34.1 Å². The fourth-order valence-electron chi connectivity index (χ4n) is 4.87. The van der Waals surface area contributed by atoms with Gasteiger partial charge in [-0.15, -0.1) is 5.10 Å². The molecule has 7 heteroatoms. The zero-order valence-corrected chi connectivity index (χ0v) is 20.6. The molecule has 1 aliphatic heterocycles. The lowest BCUT2D eigenvalue weighted by Gasteiger charge is -2.40. The van der Waals surface area contributed by atoms with Crippen molar-refractivity contribution in [3.63, 3.8) is 0 Å². The first kappa shape index (κ1) is 23.1. The highest BCUT2D eigenvalue weighted by Crippen LogP contribution is 2.31. The fourth-order valence-corrected chi connectivity index (χ4v) is 4.87. The van der Waals surface area contributed by atoms with Crippen molar-refractivity contribution in [1.29, 1.82) is 0 Å². The molecule has 180 valence electrons. The highest BCUT2D eigenvalue weighted by molar-refractivity contribution is 5.55. The summed E-state index contributed by atoms with van der Waals surface area (Å²) < 4.78 is 7.34. The lowest BCUT2D eigenvalue weighted by atomic mass is 10.0. The lowest BCUT2D eigenvalue weighted by molar-refractivity contribution is 0.201. The summed E-state index contributed by atoms with van der Waals surface area (Å²) >= 11 is 0. The SMILES string of the molecule is COc1ccc(C(c2nnnn2Cc2ccccc2)N2CCN(c3cc(C)ccc3C)CC2)cc1. The van der Waals surface area contributed by atoms with E-state index < -0.39 is 0 Å². The van der Waals surface area contributed by atoms with Crippen LogP contribution in [0.3, 0.4) is 0 Å². The average molecular weight is 469 g/mol. The fraction of sp³-hybridized carbons (Fsp3) is 0.321. The second-order valence-corrected chi connectivity index (χ2v) is 9.17. The van der Waals surface area contributed by atoms with E-state index in [9.17, 15) is 0 Å². The number of hydrogen-bond donors (Lipinski definition) is 0. The van der Waals surface area contributed by atoms with Gasteiger partial charge in [-0.25, -0.2) is 4.68 Å². The van der Waals surface area contributed by atoms with Crippen molar-refractivity contribution in [2.45, 2.75) is 26.4 Å². The molecule has 0 aliphatic carbocycles. The van der Waals surface area contributed by atoms with Gasteiger partial charge in [0.2, 0.25) is 0 Å². The molecule has 1 atom stereocenters. The monoisotopic (exact) mass is 468 g/mol. The molecule has 5 rings (SSSR count). The Balaban J connectivity index is 1.43. The van der Waals surface area contributed by atoms with Gasteiger partial charge in [0.05, 0.1) is 19.7 Å². The number of aromatic nitrogens is 4. The number of benzene rings is 3. The highest BCUT2D eigenvalue weighted by Gasteiger charge is 2.31. The molecule has 3 aromatic carbocycles. The van der Waals surface area contributed by atoms with E-state index in [1.165, 1.54) is 22.4 Å². The maximum absolute atomic E-state index is 5.41. The van der Waals surface area contributed by atoms with Crippen LogP contribution in [0.25, 0.3) is 0 Å². The minimum atomic E-state index is -0.0413. The number of tetrazole rings is 1. The summed E-state index contributed by atoms with van der Waals surface area (Å²) in [5.74, 6) is 1.70. The molecule has 7 nitrogen and oxygen atoms in total. The Morgan fingerprint density at radius 2 is 1.63 bits per heavy atom. The largest absolute Gasteiger partial charge is 0.497 e. The van der Waals surface area contributed by atoms with Gasteiger partial charge in [-0.1, -0.05) is 54.6 Å². The third-order valence-corrected chi connectivity index (χ3v) is 6.80. The summed E-state index contributed by atoms with van der Waals surface area (Å²) in [7, 11) is 1.69. The van der Waals surface area contributed by atoms with Gasteiger partial charge >= 0.3 is 0 Å². The van der Waals surface area contributed by atoms with E-state index in [2.05, 4.69) is 81.6 Å². The van der Waals surface area contributed by atoms with E-state index in [1.807, 2.05) is 35.0 Å². The third-order valence-electron chi connectivity index (χ3n) is 6.80. The Labute approximate surface area is 206 Å². The van der Waals surface area contributed by atoms with Crippen LogP contribution in [0.15, 0.2) is 72.8 Å². The zero-order valence-electron chi connectivity index (χ0n) is 20.6. The summed E-state index contributed by atoms with van der Waals surface area (Å²) in [4.78, 5) is 4.99. The number of hydrogen-bond acceptors (Lipinski definition) is 6. The zero-order chi connectivity index (χ0) is 24.2.